The van der Waals surface area contributed by atoms with Crippen molar-refractivity contribution in [3.63, 3.8) is 0 Å². The van der Waals surface area contributed by atoms with Gasteiger partial charge in [-0.3, -0.25) is 4.79 Å². The van der Waals surface area contributed by atoms with Crippen molar-refractivity contribution in [1.29, 1.82) is 0 Å². The minimum absolute atomic E-state index is 0.133. The van der Waals surface area contributed by atoms with Crippen LogP contribution in [0.25, 0.3) is 0 Å². The molecule has 1 aromatic carbocycles. The molecule has 1 aromatic rings. The van der Waals surface area contributed by atoms with Crippen molar-refractivity contribution in [3.05, 3.63) is 35.9 Å². The Hall–Kier alpha value is -1.09. The molecule has 0 aliphatic heterocycles. The molecule has 0 amide bonds. The van der Waals surface area contributed by atoms with Crippen LogP contribution >= 0.6 is 0 Å². The highest BCUT2D eigenvalue weighted by Gasteiger charge is 2.03. The Morgan fingerprint density at radius 3 is 2.69 bits per heavy atom. The number of carbonyl (C=O) groups excluding carboxylic acids is 1. The molecule has 0 fully saturated rings. The van der Waals surface area contributed by atoms with Crippen LogP contribution in [-0.4, -0.2) is 15.7 Å². The van der Waals surface area contributed by atoms with Gasteiger partial charge in [-0.25, -0.2) is 0 Å². The van der Waals surface area contributed by atoms with Gasteiger partial charge in [-0.1, -0.05) is 37.3 Å². The van der Waals surface area contributed by atoms with E-state index in [1.807, 2.05) is 37.3 Å². The van der Waals surface area contributed by atoms with Gasteiger partial charge in [0.1, 0.15) is 0 Å². The van der Waals surface area contributed by atoms with Gasteiger partial charge in [-0.15, -0.1) is 0 Å². The van der Waals surface area contributed by atoms with Crippen molar-refractivity contribution in [2.45, 2.75) is 19.4 Å². The molecule has 2 nitrogen and oxygen atoms in total. The zero-order valence-electron chi connectivity index (χ0n) is 7.62. The van der Waals surface area contributed by atoms with Crippen molar-refractivity contribution < 1.29 is 9.22 Å². The first-order valence-corrected chi connectivity index (χ1v) is 5.41. The van der Waals surface area contributed by atoms with Crippen LogP contribution in [0.1, 0.15) is 12.5 Å². The lowest BCUT2D eigenvalue weighted by atomic mass is 10.2. The third kappa shape index (κ3) is 3.89. The number of benzene rings is 1. The van der Waals surface area contributed by atoms with Gasteiger partial charge in [0.25, 0.3) is 5.97 Å². The summed E-state index contributed by atoms with van der Waals surface area (Å²) in [5, 5.41) is 0. The molecule has 0 aliphatic carbocycles. The second-order valence-corrected chi connectivity index (χ2v) is 3.83. The van der Waals surface area contributed by atoms with Crippen molar-refractivity contribution in [3.8, 4) is 0 Å². The fraction of sp³-hybridized carbons (Fsp3) is 0.300. The van der Waals surface area contributed by atoms with Crippen molar-refractivity contribution >= 4 is 15.7 Å². The molecular formula is C10H12O2Si. The van der Waals surface area contributed by atoms with Gasteiger partial charge in [-0.05, 0) is 11.6 Å². The molecule has 0 atom stereocenters. The molecule has 13 heavy (non-hydrogen) atoms. The van der Waals surface area contributed by atoms with Gasteiger partial charge in [0.05, 0.1) is 6.42 Å². The van der Waals surface area contributed by atoms with E-state index in [0.29, 0.717) is 16.2 Å². The average molecular weight is 192 g/mol. The van der Waals surface area contributed by atoms with Gasteiger partial charge in [-0.2, -0.15) is 0 Å². The largest absolute Gasteiger partial charge is 0.516 e. The van der Waals surface area contributed by atoms with Crippen LogP contribution in [0.15, 0.2) is 30.3 Å². The zero-order chi connectivity index (χ0) is 9.52. The van der Waals surface area contributed by atoms with E-state index in [1.54, 1.807) is 0 Å². The Kier molecular flexibility index (Phi) is 4.25. The molecule has 0 spiro atoms. The van der Waals surface area contributed by atoms with E-state index in [2.05, 4.69) is 0 Å². The fourth-order valence-corrected chi connectivity index (χ4v) is 1.33. The second kappa shape index (κ2) is 5.53. The molecule has 0 aliphatic rings. The normalized spacial score (nSPS) is 9.62. The Bertz CT molecular complexity index is 259. The third-order valence-electron chi connectivity index (χ3n) is 1.52. The maximum absolute atomic E-state index is 11.2. The van der Waals surface area contributed by atoms with Crippen LogP contribution < -0.4 is 0 Å². The predicted octanol–water partition coefficient (Wildman–Crippen LogP) is 1.83. The monoisotopic (exact) mass is 192 g/mol. The van der Waals surface area contributed by atoms with E-state index < -0.39 is 0 Å². The van der Waals surface area contributed by atoms with Crippen molar-refractivity contribution in [2.75, 3.05) is 0 Å². The third-order valence-corrected chi connectivity index (χ3v) is 2.18. The molecule has 1 rings (SSSR count). The Morgan fingerprint density at radius 2 is 2.08 bits per heavy atom. The van der Waals surface area contributed by atoms with Crippen LogP contribution in [-0.2, 0) is 15.6 Å². The lowest BCUT2D eigenvalue weighted by Gasteiger charge is -2.01. The van der Waals surface area contributed by atoms with Crippen LogP contribution in [0, 0.1) is 0 Å². The number of rotatable bonds is 4. The van der Waals surface area contributed by atoms with Gasteiger partial charge < -0.3 is 4.43 Å². The predicted molar refractivity (Wildman–Crippen MR) is 52.5 cm³/mol. The van der Waals surface area contributed by atoms with E-state index >= 15 is 0 Å². The summed E-state index contributed by atoms with van der Waals surface area (Å²) in [5.74, 6) is -0.133. The minimum Gasteiger partial charge on any atom is -0.516 e. The van der Waals surface area contributed by atoms with E-state index in [9.17, 15) is 4.79 Å². The molecule has 68 valence electrons. The molecule has 0 aromatic heterocycles. The van der Waals surface area contributed by atoms with Crippen LogP contribution in [0.4, 0.5) is 0 Å². The van der Waals surface area contributed by atoms with Gasteiger partial charge >= 0.3 is 9.76 Å². The lowest BCUT2D eigenvalue weighted by Crippen LogP contribution is -2.10. The molecule has 0 unspecified atom stereocenters. The van der Waals surface area contributed by atoms with Crippen molar-refractivity contribution in [1.82, 2.24) is 0 Å². The van der Waals surface area contributed by atoms with E-state index in [4.69, 9.17) is 4.43 Å². The summed E-state index contributed by atoms with van der Waals surface area (Å²) in [5.41, 5.74) is 1.01. The Morgan fingerprint density at radius 1 is 1.38 bits per heavy atom. The summed E-state index contributed by atoms with van der Waals surface area (Å²) >= 11 is 0. The maximum Gasteiger partial charge on any atom is 0.314 e. The Balaban J connectivity index is 2.37. The summed E-state index contributed by atoms with van der Waals surface area (Å²) in [6.45, 7) is 1.99. The quantitative estimate of drug-likeness (QED) is 0.680. The van der Waals surface area contributed by atoms with Crippen molar-refractivity contribution in [2.24, 2.45) is 0 Å². The molecule has 0 saturated carbocycles. The highest BCUT2D eigenvalue weighted by atomic mass is 28.2. The summed E-state index contributed by atoms with van der Waals surface area (Å²) in [6, 6.07) is 10.5. The molecular weight excluding hydrogens is 180 g/mol. The number of hydrogen-bond donors (Lipinski definition) is 0. The van der Waals surface area contributed by atoms with Crippen LogP contribution in [0.2, 0.25) is 6.04 Å². The summed E-state index contributed by atoms with van der Waals surface area (Å²) in [4.78, 5) is 11.2. The maximum atomic E-state index is 11.2. The van der Waals surface area contributed by atoms with Gasteiger partial charge in [0.2, 0.25) is 0 Å². The van der Waals surface area contributed by atoms with Crippen LogP contribution in [0.5, 0.6) is 0 Å². The molecule has 0 bridgehead atoms. The second-order valence-electron chi connectivity index (χ2n) is 2.63. The molecule has 0 heterocycles. The minimum atomic E-state index is -0.133. The van der Waals surface area contributed by atoms with E-state index in [1.165, 1.54) is 0 Å². The summed E-state index contributed by atoms with van der Waals surface area (Å²) in [7, 11) is 0.297. The van der Waals surface area contributed by atoms with Gasteiger partial charge in [0.15, 0.2) is 0 Å². The summed E-state index contributed by atoms with van der Waals surface area (Å²) in [6.07, 6.45) is 0.383. The topological polar surface area (TPSA) is 26.3 Å². The lowest BCUT2D eigenvalue weighted by molar-refractivity contribution is -0.133. The van der Waals surface area contributed by atoms with Gasteiger partial charge in [0, 0.05) is 0 Å². The highest BCUT2D eigenvalue weighted by Crippen LogP contribution is 2.00. The molecule has 0 saturated heterocycles. The smallest absolute Gasteiger partial charge is 0.314 e. The number of hydrogen-bond acceptors (Lipinski definition) is 2. The first-order chi connectivity index (χ1) is 6.33. The first kappa shape index (κ1) is 9.99. The molecule has 2 radical (unpaired) electrons. The highest BCUT2D eigenvalue weighted by molar-refractivity contribution is 6.30. The molecule has 3 heteroatoms. The van der Waals surface area contributed by atoms with E-state index in [-0.39, 0.29) is 5.97 Å². The standard InChI is InChI=1S/C10H12O2Si/c1-2-13-12-10(11)8-9-6-4-3-5-7-9/h3-7H,2,8H2,1H3. The molecule has 0 N–H and O–H groups in total. The fourth-order valence-electron chi connectivity index (χ4n) is 0.951. The number of carbonyl (C=O) groups is 1. The first-order valence-electron chi connectivity index (χ1n) is 4.29. The average Bonchev–Trinajstić information content (AvgIpc) is 2.16. The van der Waals surface area contributed by atoms with Crippen LogP contribution in [0.3, 0.4) is 0 Å². The SMILES string of the molecule is CC[Si]OC(=O)Cc1ccccc1. The van der Waals surface area contributed by atoms with E-state index in [0.717, 1.165) is 11.6 Å². The summed E-state index contributed by atoms with van der Waals surface area (Å²) < 4.78 is 4.98. The zero-order valence-corrected chi connectivity index (χ0v) is 8.62. The Labute approximate surface area is 80.9 Å².